The molecule has 0 bridgehead atoms. The molecule has 0 aliphatic heterocycles. The van der Waals surface area contributed by atoms with E-state index in [9.17, 15) is 0 Å². The van der Waals surface area contributed by atoms with E-state index in [0.29, 0.717) is 0 Å². The van der Waals surface area contributed by atoms with Crippen molar-refractivity contribution in [1.82, 2.24) is 9.97 Å². The van der Waals surface area contributed by atoms with Gasteiger partial charge in [-0.3, -0.25) is 0 Å². The fourth-order valence-electron chi connectivity index (χ4n) is 3.16. The average Bonchev–Trinajstić information content (AvgIpc) is 3.27. The summed E-state index contributed by atoms with van der Waals surface area (Å²) in [5, 5.41) is 0. The van der Waals surface area contributed by atoms with Gasteiger partial charge in [-0.25, -0.2) is 9.97 Å². The summed E-state index contributed by atoms with van der Waals surface area (Å²) in [5.74, 6) is 0. The molecule has 0 atom stereocenters. The molecular weight excluding hydrogens is 356 g/mol. The minimum Gasteiger partial charge on any atom is -0.244 e. The second kappa shape index (κ2) is 6.01. The van der Waals surface area contributed by atoms with E-state index in [-0.39, 0.29) is 0 Å². The van der Waals surface area contributed by atoms with Crippen LogP contribution in [-0.2, 0) is 0 Å². The van der Waals surface area contributed by atoms with Gasteiger partial charge < -0.3 is 0 Å². The molecule has 0 amide bonds. The predicted octanol–water partition coefficient (Wildman–Crippen LogP) is 6.86. The highest BCUT2D eigenvalue weighted by Gasteiger charge is 2.08. The summed E-state index contributed by atoms with van der Waals surface area (Å²) in [5.41, 5.74) is 6.18. The van der Waals surface area contributed by atoms with E-state index in [4.69, 9.17) is 9.97 Å². The van der Waals surface area contributed by atoms with Gasteiger partial charge in [-0.05, 0) is 73.5 Å². The van der Waals surface area contributed by atoms with Crippen LogP contribution in [0.5, 0.6) is 0 Å². The number of fused-ring (bicyclic) bond motifs is 2. The number of nitrogens with zero attached hydrogens (tertiary/aromatic N) is 2. The molecule has 0 aliphatic carbocycles. The van der Waals surface area contributed by atoms with Gasteiger partial charge in [0.2, 0.25) is 0 Å². The normalized spacial score (nSPS) is 11.5. The highest BCUT2D eigenvalue weighted by molar-refractivity contribution is 7.15. The Balaban J connectivity index is 1.64. The lowest BCUT2D eigenvalue weighted by Gasteiger charge is -2.05. The Hall–Kier alpha value is -2.56. The molecule has 0 saturated heterocycles. The Morgan fingerprint density at radius 3 is 1.38 bits per heavy atom. The summed E-state index contributed by atoms with van der Waals surface area (Å²) in [7, 11) is 0. The van der Waals surface area contributed by atoms with Crippen LogP contribution < -0.4 is 0 Å². The SMILES string of the molecule is Cc1ccc(-c2ccc3nc4cc(-c5ccc(C)s5)ccc4nc3c2)s1. The van der Waals surface area contributed by atoms with E-state index in [1.165, 1.54) is 30.6 Å². The number of benzene rings is 2. The van der Waals surface area contributed by atoms with Gasteiger partial charge in [-0.1, -0.05) is 12.1 Å². The van der Waals surface area contributed by atoms with Crippen LogP contribution in [0.1, 0.15) is 9.75 Å². The topological polar surface area (TPSA) is 25.8 Å². The highest BCUT2D eigenvalue weighted by atomic mass is 32.1. The van der Waals surface area contributed by atoms with Crippen LogP contribution >= 0.6 is 22.7 Å². The first kappa shape index (κ1) is 15.7. The van der Waals surface area contributed by atoms with Crippen LogP contribution in [0.15, 0.2) is 60.7 Å². The molecule has 26 heavy (non-hydrogen) atoms. The maximum absolute atomic E-state index is 4.86. The van der Waals surface area contributed by atoms with Crippen molar-refractivity contribution >= 4 is 44.7 Å². The number of thiophene rings is 2. The molecule has 0 unspecified atom stereocenters. The van der Waals surface area contributed by atoms with Crippen LogP contribution in [0.4, 0.5) is 0 Å². The molecule has 0 aliphatic rings. The van der Waals surface area contributed by atoms with Gasteiger partial charge in [0.1, 0.15) is 0 Å². The third kappa shape index (κ3) is 2.71. The third-order valence-corrected chi connectivity index (χ3v) is 6.58. The smallest absolute Gasteiger partial charge is 0.0901 e. The molecule has 126 valence electrons. The zero-order chi connectivity index (χ0) is 17.7. The van der Waals surface area contributed by atoms with Crippen LogP contribution in [0.2, 0.25) is 0 Å². The first-order valence-corrected chi connectivity index (χ1v) is 10.1. The lowest BCUT2D eigenvalue weighted by molar-refractivity contribution is 1.40. The molecular formula is C22H16N2S2. The summed E-state index contributed by atoms with van der Waals surface area (Å²) in [6.07, 6.45) is 0. The van der Waals surface area contributed by atoms with Crippen molar-refractivity contribution in [2.24, 2.45) is 0 Å². The summed E-state index contributed by atoms with van der Waals surface area (Å²) in [6, 6.07) is 21.4. The Kier molecular flexibility index (Phi) is 3.62. The molecule has 5 aromatic rings. The van der Waals surface area contributed by atoms with E-state index in [2.05, 4.69) is 74.5 Å². The first-order chi connectivity index (χ1) is 12.7. The fourth-order valence-corrected chi connectivity index (χ4v) is 4.89. The maximum atomic E-state index is 4.86. The fraction of sp³-hybridized carbons (Fsp3) is 0.0909. The van der Waals surface area contributed by atoms with Crippen LogP contribution in [0, 0.1) is 13.8 Å². The number of aryl methyl sites for hydroxylation is 2. The van der Waals surface area contributed by atoms with E-state index >= 15 is 0 Å². The lowest BCUT2D eigenvalue weighted by Crippen LogP contribution is -1.88. The Labute approximate surface area is 159 Å². The Morgan fingerprint density at radius 1 is 0.538 bits per heavy atom. The van der Waals surface area contributed by atoms with E-state index in [1.54, 1.807) is 0 Å². The van der Waals surface area contributed by atoms with Gasteiger partial charge in [0, 0.05) is 19.5 Å². The second-order valence-corrected chi connectivity index (χ2v) is 9.03. The zero-order valence-corrected chi connectivity index (χ0v) is 16.1. The average molecular weight is 373 g/mol. The molecule has 0 spiro atoms. The van der Waals surface area contributed by atoms with Gasteiger partial charge in [0.25, 0.3) is 0 Å². The van der Waals surface area contributed by atoms with Crippen LogP contribution in [0.25, 0.3) is 42.9 Å². The Bertz CT molecular complexity index is 1160. The Morgan fingerprint density at radius 2 is 1.00 bits per heavy atom. The molecule has 0 radical (unpaired) electrons. The molecule has 4 heteroatoms. The summed E-state index contributed by atoms with van der Waals surface area (Å²) in [6.45, 7) is 4.27. The van der Waals surface area contributed by atoms with Crippen molar-refractivity contribution in [3.8, 4) is 20.9 Å². The predicted molar refractivity (Wildman–Crippen MR) is 113 cm³/mol. The monoisotopic (exact) mass is 372 g/mol. The van der Waals surface area contributed by atoms with E-state index in [0.717, 1.165) is 22.1 Å². The first-order valence-electron chi connectivity index (χ1n) is 8.51. The number of hydrogen-bond donors (Lipinski definition) is 0. The van der Waals surface area contributed by atoms with Crippen molar-refractivity contribution in [3.63, 3.8) is 0 Å². The lowest BCUT2D eigenvalue weighted by atomic mass is 10.1. The number of hydrogen-bond acceptors (Lipinski definition) is 4. The zero-order valence-electron chi connectivity index (χ0n) is 14.5. The molecule has 3 aromatic heterocycles. The van der Waals surface area contributed by atoms with Crippen LogP contribution in [0.3, 0.4) is 0 Å². The molecule has 5 rings (SSSR count). The summed E-state index contributed by atoms with van der Waals surface area (Å²) < 4.78 is 0. The van der Waals surface area contributed by atoms with E-state index in [1.807, 2.05) is 22.7 Å². The summed E-state index contributed by atoms with van der Waals surface area (Å²) >= 11 is 3.62. The number of rotatable bonds is 2. The molecule has 0 saturated carbocycles. The molecule has 0 N–H and O–H groups in total. The van der Waals surface area contributed by atoms with Crippen molar-refractivity contribution in [2.75, 3.05) is 0 Å². The quantitative estimate of drug-likeness (QED) is 0.316. The largest absolute Gasteiger partial charge is 0.244 e. The second-order valence-electron chi connectivity index (χ2n) is 6.45. The molecule has 0 fully saturated rings. The van der Waals surface area contributed by atoms with Crippen molar-refractivity contribution < 1.29 is 0 Å². The third-order valence-electron chi connectivity index (χ3n) is 4.48. The van der Waals surface area contributed by atoms with Crippen molar-refractivity contribution in [1.29, 1.82) is 0 Å². The minimum atomic E-state index is 0.939. The summed E-state index contributed by atoms with van der Waals surface area (Å²) in [4.78, 5) is 14.9. The van der Waals surface area contributed by atoms with Gasteiger partial charge >= 0.3 is 0 Å². The molecule has 2 nitrogen and oxygen atoms in total. The highest BCUT2D eigenvalue weighted by Crippen LogP contribution is 2.32. The van der Waals surface area contributed by atoms with Gasteiger partial charge in [-0.2, -0.15) is 0 Å². The maximum Gasteiger partial charge on any atom is 0.0901 e. The van der Waals surface area contributed by atoms with Gasteiger partial charge in [-0.15, -0.1) is 22.7 Å². The van der Waals surface area contributed by atoms with E-state index < -0.39 is 0 Å². The van der Waals surface area contributed by atoms with Crippen molar-refractivity contribution in [2.45, 2.75) is 13.8 Å². The van der Waals surface area contributed by atoms with Crippen molar-refractivity contribution in [3.05, 3.63) is 70.4 Å². The van der Waals surface area contributed by atoms with Gasteiger partial charge in [0.05, 0.1) is 22.1 Å². The van der Waals surface area contributed by atoms with Gasteiger partial charge in [0.15, 0.2) is 0 Å². The molecule has 2 aromatic carbocycles. The molecule has 3 heterocycles. The van der Waals surface area contributed by atoms with Crippen LogP contribution in [-0.4, -0.2) is 9.97 Å². The minimum absolute atomic E-state index is 0.939. The standard InChI is InChI=1S/C22H16N2S2/c1-13-3-9-21(25-13)15-5-7-17-19(11-15)23-18-8-6-16(12-20(18)24-17)22-10-4-14(2)26-22/h3-12H,1-2H3. The number of aromatic nitrogens is 2.